The molecule has 9 rings (SSSR count). The van der Waals surface area contributed by atoms with Gasteiger partial charge in [-0.15, -0.1) is 0 Å². The van der Waals surface area contributed by atoms with Crippen LogP contribution in [0.15, 0.2) is 149 Å². The van der Waals surface area contributed by atoms with Crippen LogP contribution in [0.3, 0.4) is 0 Å². The minimum absolute atomic E-state index is 0.641. The van der Waals surface area contributed by atoms with E-state index < -0.39 is 0 Å². The van der Waals surface area contributed by atoms with Crippen LogP contribution in [-0.2, 0) is 0 Å². The van der Waals surface area contributed by atoms with E-state index in [1.54, 1.807) is 0 Å². The summed E-state index contributed by atoms with van der Waals surface area (Å²) in [5.41, 5.74) is 9.99. The highest BCUT2D eigenvalue weighted by molar-refractivity contribution is 7.99. The van der Waals surface area contributed by atoms with Gasteiger partial charge < -0.3 is 4.57 Å². The summed E-state index contributed by atoms with van der Waals surface area (Å²) in [6.07, 6.45) is 4.50. The lowest BCUT2D eigenvalue weighted by Crippen LogP contribution is -2.01. The second-order valence-corrected chi connectivity index (χ2v) is 12.9. The van der Waals surface area contributed by atoms with Crippen LogP contribution in [0.2, 0.25) is 0 Å². The number of aryl methyl sites for hydroxylation is 1. The summed E-state index contributed by atoms with van der Waals surface area (Å²) in [6, 6.07) is 48.8. The molecule has 0 saturated heterocycles. The van der Waals surface area contributed by atoms with Gasteiger partial charge in [0.15, 0.2) is 17.5 Å². The van der Waals surface area contributed by atoms with Crippen molar-refractivity contribution < 1.29 is 0 Å². The number of hydrogen-bond acceptors (Lipinski definition) is 4. The molecule has 0 radical (unpaired) electrons. The molecule has 47 heavy (non-hydrogen) atoms. The maximum Gasteiger partial charge on any atom is 0.164 e. The molecule has 2 aromatic heterocycles. The molecule has 0 fully saturated rings. The van der Waals surface area contributed by atoms with Crippen LogP contribution in [0.25, 0.3) is 73.8 Å². The second-order valence-electron chi connectivity index (χ2n) is 11.8. The molecule has 0 saturated carbocycles. The lowest BCUT2D eigenvalue weighted by molar-refractivity contribution is 1.07. The Kier molecular flexibility index (Phi) is 6.58. The van der Waals surface area contributed by atoms with Gasteiger partial charge in [0.05, 0.1) is 11.0 Å². The fourth-order valence-electron chi connectivity index (χ4n) is 6.40. The first-order valence-electron chi connectivity index (χ1n) is 15.7. The SMILES string of the molecule is Cc1ccc2c(c1)Sc1cc3c(cc1C=C2)c1ccccc1n3-c1cccc(-c2nc(-c3ccccc3)nc(-c3ccccc3)n2)c1. The summed E-state index contributed by atoms with van der Waals surface area (Å²) in [7, 11) is 0. The van der Waals surface area contributed by atoms with Crippen molar-refractivity contribution in [2.75, 3.05) is 0 Å². The normalized spacial score (nSPS) is 12.2. The number of para-hydroxylation sites is 1. The average Bonchev–Trinajstić information content (AvgIpc) is 3.33. The highest BCUT2D eigenvalue weighted by Gasteiger charge is 2.19. The third-order valence-corrected chi connectivity index (χ3v) is 9.84. The van der Waals surface area contributed by atoms with Crippen molar-refractivity contribution in [1.82, 2.24) is 19.5 Å². The molecule has 6 aromatic carbocycles. The van der Waals surface area contributed by atoms with Gasteiger partial charge in [0, 0.05) is 42.9 Å². The van der Waals surface area contributed by atoms with E-state index in [2.05, 4.69) is 103 Å². The minimum atomic E-state index is 0.641. The average molecular weight is 621 g/mol. The highest BCUT2D eigenvalue weighted by atomic mass is 32.2. The topological polar surface area (TPSA) is 43.6 Å². The Morgan fingerprint density at radius 1 is 0.468 bits per heavy atom. The van der Waals surface area contributed by atoms with Gasteiger partial charge in [-0.25, -0.2) is 15.0 Å². The highest BCUT2D eigenvalue weighted by Crippen LogP contribution is 2.42. The third-order valence-electron chi connectivity index (χ3n) is 8.70. The van der Waals surface area contributed by atoms with Gasteiger partial charge >= 0.3 is 0 Å². The Bertz CT molecular complexity index is 2440. The number of rotatable bonds is 4. The number of nitrogens with zero attached hydrogens (tertiary/aromatic N) is 4. The first kappa shape index (κ1) is 27.5. The zero-order chi connectivity index (χ0) is 31.3. The van der Waals surface area contributed by atoms with E-state index in [9.17, 15) is 0 Å². The van der Waals surface area contributed by atoms with Crippen molar-refractivity contribution in [3.63, 3.8) is 0 Å². The molecule has 8 aromatic rings. The van der Waals surface area contributed by atoms with Crippen molar-refractivity contribution in [3.8, 4) is 39.9 Å². The van der Waals surface area contributed by atoms with Gasteiger partial charge in [0.25, 0.3) is 0 Å². The molecule has 1 aliphatic heterocycles. The molecule has 0 bridgehead atoms. The van der Waals surface area contributed by atoms with Crippen LogP contribution < -0.4 is 0 Å². The molecular formula is C42H28N4S. The number of hydrogen-bond donors (Lipinski definition) is 0. The summed E-state index contributed by atoms with van der Waals surface area (Å²) >= 11 is 1.84. The molecule has 0 amide bonds. The molecular weight excluding hydrogens is 593 g/mol. The zero-order valence-electron chi connectivity index (χ0n) is 25.6. The smallest absolute Gasteiger partial charge is 0.164 e. The fraction of sp³-hybridized carbons (Fsp3) is 0.0238. The van der Waals surface area contributed by atoms with Gasteiger partial charge in [0.1, 0.15) is 0 Å². The minimum Gasteiger partial charge on any atom is -0.309 e. The molecule has 1 aliphatic rings. The molecule has 222 valence electrons. The van der Waals surface area contributed by atoms with Crippen LogP contribution in [-0.4, -0.2) is 19.5 Å². The first-order valence-corrected chi connectivity index (χ1v) is 16.5. The van der Waals surface area contributed by atoms with Gasteiger partial charge in [-0.1, -0.05) is 127 Å². The molecule has 0 aliphatic carbocycles. The number of aromatic nitrogens is 4. The van der Waals surface area contributed by atoms with Crippen LogP contribution in [0.1, 0.15) is 16.7 Å². The lowest BCUT2D eigenvalue weighted by atomic mass is 10.1. The molecule has 5 heteroatoms. The second kappa shape index (κ2) is 11.2. The van der Waals surface area contributed by atoms with Crippen LogP contribution in [0.4, 0.5) is 0 Å². The van der Waals surface area contributed by atoms with E-state index in [1.165, 1.54) is 42.8 Å². The Morgan fingerprint density at radius 3 is 1.83 bits per heavy atom. The van der Waals surface area contributed by atoms with Crippen LogP contribution in [0, 0.1) is 6.92 Å². The summed E-state index contributed by atoms with van der Waals surface area (Å²) in [5.74, 6) is 1.95. The summed E-state index contributed by atoms with van der Waals surface area (Å²) in [6.45, 7) is 2.16. The maximum absolute atomic E-state index is 5.00. The predicted octanol–water partition coefficient (Wildman–Crippen LogP) is 10.9. The lowest BCUT2D eigenvalue weighted by Gasteiger charge is -2.12. The summed E-state index contributed by atoms with van der Waals surface area (Å²) in [4.78, 5) is 17.4. The molecule has 3 heterocycles. The van der Waals surface area contributed by atoms with E-state index in [0.717, 1.165) is 27.9 Å². The van der Waals surface area contributed by atoms with Crippen LogP contribution >= 0.6 is 11.8 Å². The number of benzene rings is 6. The Labute approximate surface area is 277 Å². The van der Waals surface area contributed by atoms with E-state index in [0.29, 0.717) is 17.5 Å². The molecule has 4 nitrogen and oxygen atoms in total. The van der Waals surface area contributed by atoms with Gasteiger partial charge in [-0.2, -0.15) is 0 Å². The Morgan fingerprint density at radius 2 is 1.09 bits per heavy atom. The number of fused-ring (bicyclic) bond motifs is 5. The van der Waals surface area contributed by atoms with Gasteiger partial charge in [0.2, 0.25) is 0 Å². The van der Waals surface area contributed by atoms with Crippen molar-refractivity contribution in [2.24, 2.45) is 0 Å². The Hall–Kier alpha value is -5.78. The summed E-state index contributed by atoms with van der Waals surface area (Å²) < 4.78 is 2.37. The first-order chi connectivity index (χ1) is 23.2. The fourth-order valence-corrected chi connectivity index (χ4v) is 7.55. The van der Waals surface area contributed by atoms with E-state index in [1.807, 2.05) is 72.4 Å². The van der Waals surface area contributed by atoms with Crippen molar-refractivity contribution in [1.29, 1.82) is 0 Å². The molecule has 0 atom stereocenters. The van der Waals surface area contributed by atoms with E-state index in [-0.39, 0.29) is 0 Å². The van der Waals surface area contributed by atoms with E-state index in [4.69, 9.17) is 15.0 Å². The molecule has 0 N–H and O–H groups in total. The molecule has 0 unspecified atom stereocenters. The molecule has 0 spiro atoms. The standard InChI is InChI=1S/C42H28N4S/c1-27-19-20-28-21-22-31-25-35-34-17-8-9-18-36(34)46(37(35)26-39(31)47-38(28)23-27)33-16-10-15-32(24-33)42-44-40(29-11-4-2-5-12-29)43-41(45-42)30-13-6-3-7-14-30/h2-26H,1H3. The summed E-state index contributed by atoms with van der Waals surface area (Å²) in [5, 5.41) is 2.46. The Balaban J connectivity index is 1.23. The van der Waals surface area contributed by atoms with Gasteiger partial charge in [-0.05, 0) is 60.0 Å². The van der Waals surface area contributed by atoms with E-state index >= 15 is 0 Å². The zero-order valence-corrected chi connectivity index (χ0v) is 26.4. The predicted molar refractivity (Wildman–Crippen MR) is 195 cm³/mol. The van der Waals surface area contributed by atoms with Crippen molar-refractivity contribution in [3.05, 3.63) is 156 Å². The largest absolute Gasteiger partial charge is 0.309 e. The van der Waals surface area contributed by atoms with Crippen LogP contribution in [0.5, 0.6) is 0 Å². The van der Waals surface area contributed by atoms with Crippen molar-refractivity contribution >= 4 is 45.7 Å². The maximum atomic E-state index is 5.00. The van der Waals surface area contributed by atoms with Gasteiger partial charge in [-0.3, -0.25) is 0 Å². The quantitative estimate of drug-likeness (QED) is 0.196. The van der Waals surface area contributed by atoms with Crippen molar-refractivity contribution in [2.45, 2.75) is 16.7 Å². The monoisotopic (exact) mass is 620 g/mol. The third kappa shape index (κ3) is 4.93.